The Kier molecular flexibility index (Phi) is 5.30. The van der Waals surface area contributed by atoms with E-state index in [4.69, 9.17) is 4.74 Å². The third-order valence-corrected chi connectivity index (χ3v) is 5.36. The molecule has 0 unspecified atom stereocenters. The first-order valence-electron chi connectivity index (χ1n) is 9.81. The van der Waals surface area contributed by atoms with E-state index in [1.165, 1.54) is 7.11 Å². The summed E-state index contributed by atoms with van der Waals surface area (Å²) in [5.41, 5.74) is 0.945. The fraction of sp³-hybridized carbons (Fsp3) is 0.667. The standard InChI is InChI=1S/C21H33N3O3/c1-20(2)11-15(12-21(3,4)23-20)22-19(26)24(16-7-8-16)13-14-6-9-17(25)18(10-14)27-5/h6,9-10,15-16,23,25H,7-8,11-13H2,1-5H3,(H,22,26). The van der Waals surface area contributed by atoms with Crippen LogP contribution in [0.15, 0.2) is 18.2 Å². The largest absolute Gasteiger partial charge is 0.504 e. The smallest absolute Gasteiger partial charge is 0.318 e. The lowest BCUT2D eigenvalue weighted by atomic mass is 9.79. The molecule has 3 N–H and O–H groups in total. The first-order chi connectivity index (χ1) is 12.6. The summed E-state index contributed by atoms with van der Waals surface area (Å²) in [6, 6.07) is 5.72. The lowest BCUT2D eigenvalue weighted by molar-refractivity contribution is 0.137. The van der Waals surface area contributed by atoms with E-state index in [0.717, 1.165) is 31.2 Å². The third-order valence-electron chi connectivity index (χ3n) is 5.36. The summed E-state index contributed by atoms with van der Waals surface area (Å²) < 4.78 is 5.20. The summed E-state index contributed by atoms with van der Waals surface area (Å²) in [6.07, 6.45) is 3.92. The molecule has 1 aliphatic carbocycles. The molecule has 1 heterocycles. The van der Waals surface area contributed by atoms with Crippen LogP contribution in [0.5, 0.6) is 11.5 Å². The molecule has 0 aromatic heterocycles. The summed E-state index contributed by atoms with van der Waals surface area (Å²) in [5.74, 6) is 0.549. The number of hydrogen-bond donors (Lipinski definition) is 3. The highest BCUT2D eigenvalue weighted by Gasteiger charge is 2.40. The number of carbonyl (C=O) groups excluding carboxylic acids is 1. The van der Waals surface area contributed by atoms with E-state index in [-0.39, 0.29) is 28.9 Å². The Labute approximate surface area is 162 Å². The molecule has 0 radical (unpaired) electrons. The summed E-state index contributed by atoms with van der Waals surface area (Å²) in [4.78, 5) is 15.0. The number of aromatic hydroxyl groups is 1. The quantitative estimate of drug-likeness (QED) is 0.738. The van der Waals surface area contributed by atoms with Crippen LogP contribution in [0.4, 0.5) is 4.79 Å². The molecular formula is C21H33N3O3. The number of methoxy groups -OCH3 is 1. The predicted octanol–water partition coefficient (Wildman–Crippen LogP) is 3.38. The number of nitrogens with zero attached hydrogens (tertiary/aromatic N) is 1. The minimum atomic E-state index is -0.00553. The molecule has 0 atom stereocenters. The molecule has 150 valence electrons. The van der Waals surface area contributed by atoms with Crippen LogP contribution in [0, 0.1) is 0 Å². The minimum absolute atomic E-state index is 0.00282. The topological polar surface area (TPSA) is 73.8 Å². The molecule has 1 saturated heterocycles. The number of phenolic OH excluding ortho intramolecular Hbond substituents is 1. The van der Waals surface area contributed by atoms with Crippen molar-refractivity contribution in [3.63, 3.8) is 0 Å². The Morgan fingerprint density at radius 3 is 2.44 bits per heavy atom. The molecule has 2 fully saturated rings. The molecule has 0 spiro atoms. The van der Waals surface area contributed by atoms with Gasteiger partial charge < -0.3 is 25.4 Å². The van der Waals surface area contributed by atoms with E-state index in [0.29, 0.717) is 18.3 Å². The van der Waals surface area contributed by atoms with Gasteiger partial charge in [-0.25, -0.2) is 4.79 Å². The van der Waals surface area contributed by atoms with Crippen LogP contribution in [0.1, 0.15) is 58.9 Å². The van der Waals surface area contributed by atoms with Crippen LogP contribution in [0.3, 0.4) is 0 Å². The molecule has 1 aromatic carbocycles. The summed E-state index contributed by atoms with van der Waals surface area (Å²) in [6.45, 7) is 9.27. The number of ether oxygens (including phenoxy) is 1. The number of amides is 2. The lowest BCUT2D eigenvalue weighted by Crippen LogP contribution is -2.63. The van der Waals surface area contributed by atoms with Gasteiger partial charge in [0, 0.05) is 29.7 Å². The molecule has 0 bridgehead atoms. The van der Waals surface area contributed by atoms with Crippen LogP contribution in [0.2, 0.25) is 0 Å². The van der Waals surface area contributed by atoms with Crippen molar-refractivity contribution in [2.24, 2.45) is 0 Å². The maximum absolute atomic E-state index is 13.1. The Balaban J connectivity index is 1.69. The van der Waals surface area contributed by atoms with Gasteiger partial charge in [0.15, 0.2) is 11.5 Å². The van der Waals surface area contributed by atoms with Gasteiger partial charge in [-0.15, -0.1) is 0 Å². The molecule has 1 saturated carbocycles. The second-order valence-corrected chi connectivity index (χ2v) is 9.31. The van der Waals surface area contributed by atoms with Crippen molar-refractivity contribution in [2.45, 2.75) is 83.1 Å². The minimum Gasteiger partial charge on any atom is -0.504 e. The van der Waals surface area contributed by atoms with Gasteiger partial charge in [-0.05, 0) is 71.1 Å². The molecule has 2 aliphatic rings. The molecule has 27 heavy (non-hydrogen) atoms. The SMILES string of the molecule is COc1cc(CN(C(=O)NC2CC(C)(C)NC(C)(C)C2)C2CC2)ccc1O. The zero-order valence-corrected chi connectivity index (χ0v) is 17.1. The lowest BCUT2D eigenvalue weighted by Gasteiger charge is -2.47. The first kappa shape index (κ1) is 19.8. The van der Waals surface area contributed by atoms with Gasteiger partial charge in [0.1, 0.15) is 0 Å². The van der Waals surface area contributed by atoms with E-state index in [1.807, 2.05) is 11.0 Å². The van der Waals surface area contributed by atoms with Gasteiger partial charge in [-0.2, -0.15) is 0 Å². The number of benzene rings is 1. The predicted molar refractivity (Wildman–Crippen MR) is 106 cm³/mol. The average molecular weight is 376 g/mol. The fourth-order valence-electron chi connectivity index (χ4n) is 4.45. The maximum Gasteiger partial charge on any atom is 0.318 e. The highest BCUT2D eigenvalue weighted by atomic mass is 16.5. The van der Waals surface area contributed by atoms with E-state index < -0.39 is 0 Å². The van der Waals surface area contributed by atoms with E-state index >= 15 is 0 Å². The number of phenols is 1. The van der Waals surface area contributed by atoms with Crippen molar-refractivity contribution in [1.82, 2.24) is 15.5 Å². The average Bonchev–Trinajstić information content (AvgIpc) is 3.35. The second-order valence-electron chi connectivity index (χ2n) is 9.31. The number of rotatable bonds is 5. The normalized spacial score (nSPS) is 21.5. The van der Waals surface area contributed by atoms with Gasteiger partial charge >= 0.3 is 6.03 Å². The van der Waals surface area contributed by atoms with Crippen molar-refractivity contribution in [3.8, 4) is 11.5 Å². The fourth-order valence-corrected chi connectivity index (χ4v) is 4.45. The van der Waals surface area contributed by atoms with E-state index in [2.05, 4.69) is 38.3 Å². The van der Waals surface area contributed by atoms with Gasteiger partial charge in [0.05, 0.1) is 7.11 Å². The molecule has 1 aliphatic heterocycles. The van der Waals surface area contributed by atoms with Crippen LogP contribution in [0.25, 0.3) is 0 Å². The van der Waals surface area contributed by atoms with Crippen LogP contribution < -0.4 is 15.4 Å². The zero-order chi connectivity index (χ0) is 19.8. The number of piperidine rings is 1. The number of carbonyl (C=O) groups is 1. The Morgan fingerprint density at radius 2 is 1.89 bits per heavy atom. The van der Waals surface area contributed by atoms with Crippen LogP contribution >= 0.6 is 0 Å². The van der Waals surface area contributed by atoms with E-state index in [9.17, 15) is 9.90 Å². The highest BCUT2D eigenvalue weighted by molar-refractivity contribution is 5.75. The molecule has 2 amide bonds. The second kappa shape index (κ2) is 7.23. The van der Waals surface area contributed by atoms with Gasteiger partial charge in [-0.3, -0.25) is 0 Å². The zero-order valence-electron chi connectivity index (χ0n) is 17.1. The molecule has 6 nitrogen and oxygen atoms in total. The van der Waals surface area contributed by atoms with E-state index in [1.54, 1.807) is 12.1 Å². The molecule has 6 heteroatoms. The summed E-state index contributed by atoms with van der Waals surface area (Å²) in [5, 5.41) is 16.7. The number of nitrogens with one attached hydrogen (secondary N) is 2. The molecule has 1 aromatic rings. The van der Waals surface area contributed by atoms with Crippen LogP contribution in [-0.2, 0) is 6.54 Å². The van der Waals surface area contributed by atoms with Crippen molar-refractivity contribution in [1.29, 1.82) is 0 Å². The molecule has 3 rings (SSSR count). The van der Waals surface area contributed by atoms with Crippen molar-refractivity contribution >= 4 is 6.03 Å². The van der Waals surface area contributed by atoms with Gasteiger partial charge in [0.25, 0.3) is 0 Å². The Morgan fingerprint density at radius 1 is 1.26 bits per heavy atom. The Bertz CT molecular complexity index is 682. The summed E-state index contributed by atoms with van der Waals surface area (Å²) >= 11 is 0. The first-order valence-corrected chi connectivity index (χ1v) is 9.81. The van der Waals surface area contributed by atoms with Crippen molar-refractivity contribution in [2.75, 3.05) is 7.11 Å². The highest BCUT2D eigenvalue weighted by Crippen LogP contribution is 2.32. The monoisotopic (exact) mass is 375 g/mol. The van der Waals surface area contributed by atoms with Gasteiger partial charge in [0.2, 0.25) is 0 Å². The number of hydrogen-bond acceptors (Lipinski definition) is 4. The van der Waals surface area contributed by atoms with Crippen LogP contribution in [-0.4, -0.2) is 46.3 Å². The van der Waals surface area contributed by atoms with Gasteiger partial charge in [-0.1, -0.05) is 6.07 Å². The summed E-state index contributed by atoms with van der Waals surface area (Å²) in [7, 11) is 1.53. The third kappa shape index (κ3) is 5.06. The van der Waals surface area contributed by atoms with Crippen molar-refractivity contribution in [3.05, 3.63) is 23.8 Å². The number of urea groups is 1. The maximum atomic E-state index is 13.1. The van der Waals surface area contributed by atoms with Crippen molar-refractivity contribution < 1.29 is 14.6 Å². The molecular weight excluding hydrogens is 342 g/mol. The Hall–Kier alpha value is -1.95.